The van der Waals surface area contributed by atoms with Crippen molar-refractivity contribution in [1.29, 1.82) is 0 Å². The van der Waals surface area contributed by atoms with E-state index in [1.165, 1.54) is 11.6 Å². The van der Waals surface area contributed by atoms with Gasteiger partial charge in [0.2, 0.25) is 0 Å². The van der Waals surface area contributed by atoms with Crippen LogP contribution >= 0.6 is 15.9 Å². The van der Waals surface area contributed by atoms with E-state index in [1.54, 1.807) is 13.2 Å². The Labute approximate surface area is 213 Å². The molecule has 11 heteroatoms. The third-order valence-electron chi connectivity index (χ3n) is 7.42. The average molecular weight is 578 g/mol. The Morgan fingerprint density at radius 1 is 0.882 bits per heavy atom. The van der Waals surface area contributed by atoms with Crippen LogP contribution in [0.15, 0.2) is 15.8 Å². The third kappa shape index (κ3) is 4.39. The van der Waals surface area contributed by atoms with Gasteiger partial charge in [-0.2, -0.15) is 0 Å². The van der Waals surface area contributed by atoms with Gasteiger partial charge in [-0.25, -0.2) is 4.79 Å². The van der Waals surface area contributed by atoms with Gasteiger partial charge < -0.3 is 22.3 Å². The first-order valence-electron chi connectivity index (χ1n) is 12.3. The minimum absolute atomic E-state index is 0.172. The number of aromatic nitrogens is 2. The molecule has 2 aliphatic rings. The van der Waals surface area contributed by atoms with E-state index < -0.39 is 29.3 Å². The lowest BCUT2D eigenvalue weighted by Crippen LogP contribution is -2.60. The summed E-state index contributed by atoms with van der Waals surface area (Å²) in [5.41, 5.74) is 0.427. The molecule has 0 aliphatic carbocycles. The van der Waals surface area contributed by atoms with Gasteiger partial charge in [0.25, 0.3) is 5.56 Å². The van der Waals surface area contributed by atoms with Crippen molar-refractivity contribution in [3.63, 3.8) is 0 Å². The van der Waals surface area contributed by atoms with Crippen LogP contribution in [0.5, 0.6) is 0 Å². The van der Waals surface area contributed by atoms with Crippen molar-refractivity contribution >= 4 is 33.1 Å². The van der Waals surface area contributed by atoms with Crippen LogP contribution in [0.1, 0.15) is 67.1 Å². The van der Waals surface area contributed by atoms with E-state index in [4.69, 9.17) is 17.7 Å². The standard InChI is InChI=1S/C23H41BrN2O6Si2/c1-13(2)33(14(3)4)30-20-18(11-24)29-19(17-12-25(9)23(28)26(10)22(17)27)21(20)31-34(32-33,15(5)6)16(7)8/h12-16,18-21H,11H2,1-10H3/t18-,19+,20-,21+/m1/s1. The molecule has 0 saturated carbocycles. The number of halogens is 1. The molecule has 0 radical (unpaired) electrons. The van der Waals surface area contributed by atoms with E-state index in [0.29, 0.717) is 10.9 Å². The summed E-state index contributed by atoms with van der Waals surface area (Å²) in [6.45, 7) is 17.4. The number of ether oxygens (including phenoxy) is 1. The molecule has 4 atom stereocenters. The molecule has 2 saturated heterocycles. The van der Waals surface area contributed by atoms with Gasteiger partial charge in [-0.15, -0.1) is 0 Å². The molecule has 2 aliphatic heterocycles. The molecular weight excluding hydrogens is 536 g/mol. The maximum absolute atomic E-state index is 13.2. The molecule has 3 heterocycles. The molecular formula is C23H41BrN2O6Si2. The molecule has 194 valence electrons. The minimum atomic E-state index is -2.84. The van der Waals surface area contributed by atoms with Gasteiger partial charge in [0.15, 0.2) is 0 Å². The molecule has 3 rings (SSSR count). The van der Waals surface area contributed by atoms with Gasteiger partial charge in [0, 0.05) is 25.6 Å². The normalized spacial score (nSPS) is 28.7. The van der Waals surface area contributed by atoms with E-state index in [0.717, 1.165) is 4.57 Å². The van der Waals surface area contributed by atoms with Crippen LogP contribution < -0.4 is 11.2 Å². The monoisotopic (exact) mass is 576 g/mol. The van der Waals surface area contributed by atoms with Crippen LogP contribution in [0.4, 0.5) is 0 Å². The summed E-state index contributed by atoms with van der Waals surface area (Å²) in [4.78, 5) is 25.6. The smallest absolute Gasteiger partial charge is 0.335 e. The van der Waals surface area contributed by atoms with Crippen molar-refractivity contribution in [3.8, 4) is 0 Å². The fraction of sp³-hybridized carbons (Fsp3) is 0.826. The van der Waals surface area contributed by atoms with Crippen LogP contribution in [0.25, 0.3) is 0 Å². The van der Waals surface area contributed by atoms with Crippen LogP contribution in [0, 0.1) is 0 Å². The van der Waals surface area contributed by atoms with Crippen molar-refractivity contribution in [3.05, 3.63) is 32.6 Å². The number of rotatable bonds is 6. The second kappa shape index (κ2) is 10.1. The molecule has 0 aromatic carbocycles. The zero-order valence-corrected chi connectivity index (χ0v) is 25.7. The molecule has 0 amide bonds. The molecule has 0 bridgehead atoms. The third-order valence-corrected chi connectivity index (χ3v) is 18.3. The number of hydrogen-bond donors (Lipinski definition) is 0. The minimum Gasteiger partial charge on any atom is -0.414 e. The highest BCUT2D eigenvalue weighted by molar-refractivity contribution is 9.09. The summed E-state index contributed by atoms with van der Waals surface area (Å²) >= 11 is 3.61. The number of fused-ring (bicyclic) bond motifs is 1. The Bertz CT molecular complexity index is 992. The van der Waals surface area contributed by atoms with E-state index >= 15 is 0 Å². The van der Waals surface area contributed by atoms with Crippen molar-refractivity contribution in [2.75, 3.05) is 5.33 Å². The summed E-state index contributed by atoms with van der Waals surface area (Å²) < 4.78 is 30.5. The second-order valence-electron chi connectivity index (χ2n) is 10.9. The Morgan fingerprint density at radius 3 is 1.79 bits per heavy atom. The molecule has 1 aromatic rings. The number of nitrogens with zero attached hydrogens (tertiary/aromatic N) is 2. The molecule has 8 nitrogen and oxygen atoms in total. The first-order valence-corrected chi connectivity index (χ1v) is 17.3. The Balaban J connectivity index is 2.26. The van der Waals surface area contributed by atoms with Gasteiger partial charge in [-0.3, -0.25) is 9.36 Å². The van der Waals surface area contributed by atoms with E-state index in [9.17, 15) is 9.59 Å². The SMILES string of the molecule is CC(C)[Si]1(C(C)C)O[C@@H]2[C@H](O[Si](C(C)C)(C(C)C)O1)[C@@H](CBr)O[C@H]2c1cn(C)c(=O)n(C)c1=O. The van der Waals surface area contributed by atoms with E-state index in [1.807, 2.05) is 0 Å². The van der Waals surface area contributed by atoms with Crippen LogP contribution in [-0.2, 0) is 31.8 Å². The predicted molar refractivity (Wildman–Crippen MR) is 141 cm³/mol. The maximum Gasteiger partial charge on any atom is 0.335 e. The van der Waals surface area contributed by atoms with Crippen LogP contribution in [0.3, 0.4) is 0 Å². The molecule has 0 spiro atoms. The van der Waals surface area contributed by atoms with Crippen molar-refractivity contribution in [2.45, 2.75) is 102 Å². The summed E-state index contributed by atoms with van der Waals surface area (Å²) in [6.07, 6.45) is -0.267. The molecule has 2 fully saturated rings. The topological polar surface area (TPSA) is 80.9 Å². The Hall–Kier alpha value is -0.566. The van der Waals surface area contributed by atoms with Crippen molar-refractivity contribution in [2.24, 2.45) is 14.1 Å². The van der Waals surface area contributed by atoms with Gasteiger partial charge >= 0.3 is 22.8 Å². The van der Waals surface area contributed by atoms with E-state index in [2.05, 4.69) is 71.3 Å². The lowest BCUT2D eigenvalue weighted by Gasteiger charge is -2.46. The predicted octanol–water partition coefficient (Wildman–Crippen LogP) is 4.24. The summed E-state index contributed by atoms with van der Waals surface area (Å²) in [5.74, 6) is 0. The van der Waals surface area contributed by atoms with E-state index in [-0.39, 0.29) is 45.6 Å². The average Bonchev–Trinajstić information content (AvgIpc) is 2.98. The Kier molecular flexibility index (Phi) is 8.29. The number of alkyl halides is 1. The molecule has 34 heavy (non-hydrogen) atoms. The Morgan fingerprint density at radius 2 is 1.35 bits per heavy atom. The second-order valence-corrected chi connectivity index (χ2v) is 20.4. The summed E-state index contributed by atoms with van der Waals surface area (Å²) in [7, 11) is -2.48. The lowest BCUT2D eigenvalue weighted by molar-refractivity contribution is 0.00941. The molecule has 0 N–H and O–H groups in total. The van der Waals surface area contributed by atoms with Crippen molar-refractivity contribution in [1.82, 2.24) is 9.13 Å². The van der Waals surface area contributed by atoms with Crippen molar-refractivity contribution < 1.29 is 17.7 Å². The summed E-state index contributed by atoms with van der Waals surface area (Å²) in [5, 5.41) is 0.540. The highest BCUT2D eigenvalue weighted by Gasteiger charge is 2.64. The fourth-order valence-corrected chi connectivity index (χ4v) is 17.3. The van der Waals surface area contributed by atoms with Gasteiger partial charge in [-0.05, 0) is 22.2 Å². The zero-order chi connectivity index (χ0) is 25.7. The number of hydrogen-bond acceptors (Lipinski definition) is 6. The zero-order valence-electron chi connectivity index (χ0n) is 22.1. The number of aryl methyl sites for hydroxylation is 1. The van der Waals surface area contributed by atoms with Crippen LogP contribution in [-0.4, -0.2) is 49.9 Å². The quantitative estimate of drug-likeness (QED) is 0.372. The summed E-state index contributed by atoms with van der Waals surface area (Å²) in [6, 6.07) is 0. The van der Waals surface area contributed by atoms with Gasteiger partial charge in [0.1, 0.15) is 18.3 Å². The fourth-order valence-electron chi connectivity index (χ4n) is 5.48. The molecule has 0 unspecified atom stereocenters. The molecule has 1 aromatic heterocycles. The van der Waals surface area contributed by atoms with Gasteiger partial charge in [0.05, 0.1) is 11.7 Å². The van der Waals surface area contributed by atoms with Gasteiger partial charge in [-0.1, -0.05) is 71.3 Å². The van der Waals surface area contributed by atoms with Crippen LogP contribution in [0.2, 0.25) is 22.2 Å². The highest BCUT2D eigenvalue weighted by atomic mass is 79.9. The lowest BCUT2D eigenvalue weighted by atomic mass is 10.0. The highest BCUT2D eigenvalue weighted by Crippen LogP contribution is 2.52. The first kappa shape index (κ1) is 28.0. The first-order chi connectivity index (χ1) is 15.7. The largest absolute Gasteiger partial charge is 0.414 e. The maximum atomic E-state index is 13.2.